The number of aliphatic imine (C=N–C) groups is 1. The third-order valence-corrected chi connectivity index (χ3v) is 6.01. The molecule has 1 heterocycles. The summed E-state index contributed by atoms with van der Waals surface area (Å²) in [5.41, 5.74) is 4.92. The van der Waals surface area contributed by atoms with Crippen LogP contribution in [-0.2, 0) is 12.8 Å². The molecule has 1 aliphatic rings. The molecule has 10 heteroatoms. The molecule has 0 radical (unpaired) electrons. The fraction of sp³-hybridized carbons (Fsp3) is 0.280. The van der Waals surface area contributed by atoms with E-state index >= 15 is 0 Å². The number of thiocarbonyl (C=S) groups is 1. The van der Waals surface area contributed by atoms with Gasteiger partial charge in [0.2, 0.25) is 11.9 Å². The van der Waals surface area contributed by atoms with Crippen molar-refractivity contribution in [1.29, 1.82) is 0 Å². The van der Waals surface area contributed by atoms with E-state index in [4.69, 9.17) is 38.3 Å². The molecule has 35 heavy (non-hydrogen) atoms. The molecule has 182 valence electrons. The van der Waals surface area contributed by atoms with Gasteiger partial charge >= 0.3 is 0 Å². The summed E-state index contributed by atoms with van der Waals surface area (Å²) in [5.74, 6) is 1.91. The van der Waals surface area contributed by atoms with Crippen LogP contribution in [-0.4, -0.2) is 41.3 Å². The van der Waals surface area contributed by atoms with Crippen molar-refractivity contribution in [1.82, 2.24) is 15.3 Å². The van der Waals surface area contributed by atoms with Crippen LogP contribution in [0.1, 0.15) is 22.5 Å². The van der Waals surface area contributed by atoms with Crippen LogP contribution in [0.4, 0.5) is 11.6 Å². The second-order valence-electron chi connectivity index (χ2n) is 8.17. The number of guanidine groups is 1. The molecule has 8 nitrogen and oxygen atoms in total. The van der Waals surface area contributed by atoms with Crippen molar-refractivity contribution in [3.63, 3.8) is 0 Å². The van der Waals surface area contributed by atoms with Gasteiger partial charge in [0.15, 0.2) is 5.11 Å². The van der Waals surface area contributed by atoms with E-state index in [-0.39, 0.29) is 6.04 Å². The zero-order valence-corrected chi connectivity index (χ0v) is 21.5. The van der Waals surface area contributed by atoms with Gasteiger partial charge in [-0.2, -0.15) is 0 Å². The van der Waals surface area contributed by atoms with Crippen LogP contribution in [0, 0.1) is 13.8 Å². The van der Waals surface area contributed by atoms with Crippen molar-refractivity contribution < 1.29 is 9.47 Å². The molecule has 0 bridgehead atoms. The highest BCUT2D eigenvalue weighted by atomic mass is 35.5. The molecule has 0 unspecified atom stereocenters. The maximum absolute atomic E-state index is 6.23. The zero-order chi connectivity index (χ0) is 24.9. The maximum atomic E-state index is 6.23. The fourth-order valence-corrected chi connectivity index (χ4v) is 4.45. The molecule has 0 amide bonds. The Bertz CT molecular complexity index is 1240. The second-order valence-corrected chi connectivity index (χ2v) is 8.99. The van der Waals surface area contributed by atoms with Gasteiger partial charge in [-0.3, -0.25) is 5.32 Å². The molecular weight excluding hydrogens is 484 g/mol. The highest BCUT2D eigenvalue weighted by molar-refractivity contribution is 7.80. The number of rotatable bonds is 5. The van der Waals surface area contributed by atoms with Gasteiger partial charge in [-0.05, 0) is 56.1 Å². The third kappa shape index (κ3) is 6.17. The lowest BCUT2D eigenvalue weighted by molar-refractivity contribution is 0.405. The van der Waals surface area contributed by atoms with Crippen molar-refractivity contribution in [2.75, 3.05) is 24.9 Å². The number of methoxy groups -OCH3 is 2. The fourth-order valence-electron chi connectivity index (χ4n) is 4.01. The average molecular weight is 511 g/mol. The highest BCUT2D eigenvalue weighted by Gasteiger charge is 2.22. The van der Waals surface area contributed by atoms with Crippen LogP contribution in [0.3, 0.4) is 0 Å². The van der Waals surface area contributed by atoms with Gasteiger partial charge in [-0.1, -0.05) is 35.9 Å². The molecule has 3 N–H and O–H groups in total. The Kier molecular flexibility index (Phi) is 7.67. The summed E-state index contributed by atoms with van der Waals surface area (Å²) in [5, 5.41) is 10.2. The number of ether oxygens (including phenoxy) is 2. The largest absolute Gasteiger partial charge is 0.495 e. The normalized spacial score (nSPS) is 13.2. The SMILES string of the molecule is COc1cc(NC(=S)NC(=NC2Cc3ccccc3C2)Nc2nc(C)cc(C)n2)c(OC)cc1Cl. The molecule has 4 rings (SSSR count). The predicted molar refractivity (Wildman–Crippen MR) is 144 cm³/mol. The summed E-state index contributed by atoms with van der Waals surface area (Å²) in [6, 6.07) is 13.8. The minimum atomic E-state index is 0.0567. The first-order valence-corrected chi connectivity index (χ1v) is 11.9. The molecule has 1 aromatic heterocycles. The first-order chi connectivity index (χ1) is 16.8. The second kappa shape index (κ2) is 10.9. The average Bonchev–Trinajstić information content (AvgIpc) is 3.21. The van der Waals surface area contributed by atoms with Gasteiger partial charge in [-0.25, -0.2) is 15.0 Å². The minimum Gasteiger partial charge on any atom is -0.495 e. The number of nitrogens with one attached hydrogen (secondary N) is 3. The van der Waals surface area contributed by atoms with Crippen LogP contribution in [0.15, 0.2) is 47.5 Å². The number of aryl methyl sites for hydroxylation is 2. The number of nitrogens with zero attached hydrogens (tertiary/aromatic N) is 3. The summed E-state index contributed by atoms with van der Waals surface area (Å²) < 4.78 is 10.8. The van der Waals surface area contributed by atoms with E-state index in [2.05, 4.69) is 50.2 Å². The minimum absolute atomic E-state index is 0.0567. The van der Waals surface area contributed by atoms with Crippen molar-refractivity contribution in [2.45, 2.75) is 32.7 Å². The summed E-state index contributed by atoms with van der Waals surface area (Å²) in [6.07, 6.45) is 1.69. The molecule has 0 fully saturated rings. The van der Waals surface area contributed by atoms with Crippen molar-refractivity contribution in [3.8, 4) is 11.5 Å². The monoisotopic (exact) mass is 510 g/mol. The Morgan fingerprint density at radius 3 is 2.20 bits per heavy atom. The Morgan fingerprint density at radius 2 is 1.60 bits per heavy atom. The Balaban J connectivity index is 1.57. The molecule has 2 aromatic carbocycles. The van der Waals surface area contributed by atoms with Gasteiger partial charge in [0.25, 0.3) is 0 Å². The summed E-state index contributed by atoms with van der Waals surface area (Å²) in [6.45, 7) is 3.84. The van der Waals surface area contributed by atoms with Crippen LogP contribution < -0.4 is 25.4 Å². The number of hydrogen-bond acceptors (Lipinski definition) is 6. The van der Waals surface area contributed by atoms with Gasteiger partial charge < -0.3 is 20.1 Å². The lowest BCUT2D eigenvalue weighted by Crippen LogP contribution is -2.40. The van der Waals surface area contributed by atoms with Crippen molar-refractivity contribution in [3.05, 3.63) is 70.0 Å². The van der Waals surface area contributed by atoms with Crippen LogP contribution in [0.2, 0.25) is 5.02 Å². The molecule has 0 saturated carbocycles. The van der Waals surface area contributed by atoms with E-state index in [0.29, 0.717) is 39.2 Å². The number of anilines is 2. The third-order valence-electron chi connectivity index (χ3n) is 5.51. The Morgan fingerprint density at radius 1 is 0.971 bits per heavy atom. The first-order valence-electron chi connectivity index (χ1n) is 11.1. The van der Waals surface area contributed by atoms with Gasteiger partial charge in [0, 0.05) is 23.5 Å². The van der Waals surface area contributed by atoms with Crippen LogP contribution in [0.25, 0.3) is 0 Å². The highest BCUT2D eigenvalue weighted by Crippen LogP contribution is 2.35. The van der Waals surface area contributed by atoms with E-state index in [1.54, 1.807) is 26.4 Å². The number of hydrogen-bond donors (Lipinski definition) is 3. The lowest BCUT2D eigenvalue weighted by atomic mass is 10.1. The van der Waals surface area contributed by atoms with Crippen molar-refractivity contribution >= 4 is 46.5 Å². The Hall–Kier alpha value is -3.43. The number of fused-ring (bicyclic) bond motifs is 1. The van der Waals surface area contributed by atoms with Gasteiger partial charge in [-0.15, -0.1) is 0 Å². The summed E-state index contributed by atoms with van der Waals surface area (Å²) >= 11 is 11.8. The number of aromatic nitrogens is 2. The van der Waals surface area contributed by atoms with Gasteiger partial charge in [0.05, 0.1) is 31.0 Å². The molecule has 1 aliphatic carbocycles. The molecule has 0 atom stereocenters. The quantitative estimate of drug-likeness (QED) is 0.259. The van der Waals surface area contributed by atoms with Crippen molar-refractivity contribution in [2.24, 2.45) is 4.99 Å². The molecule has 0 aliphatic heterocycles. The van der Waals surface area contributed by atoms with E-state index in [1.165, 1.54) is 11.1 Å². The molecular formula is C25H27ClN6O2S. The summed E-state index contributed by atoms with van der Waals surface area (Å²) in [7, 11) is 3.11. The topological polar surface area (TPSA) is 92.7 Å². The van der Waals surface area contributed by atoms with Gasteiger partial charge in [0.1, 0.15) is 11.5 Å². The Labute approximate surface area is 215 Å². The lowest BCUT2D eigenvalue weighted by Gasteiger charge is -2.18. The van der Waals surface area contributed by atoms with Crippen LogP contribution in [0.5, 0.6) is 11.5 Å². The van der Waals surface area contributed by atoms with Crippen LogP contribution >= 0.6 is 23.8 Å². The zero-order valence-electron chi connectivity index (χ0n) is 20.0. The maximum Gasteiger partial charge on any atom is 0.229 e. The van der Waals surface area contributed by atoms with E-state index < -0.39 is 0 Å². The standard InChI is InChI=1S/C25H27ClN6O2S/c1-14-9-15(2)28-23(27-14)31-24(29-18-10-16-7-5-6-8-17(16)11-18)32-25(35)30-20-13-21(33-3)19(26)12-22(20)34-4/h5-9,12-13,18H,10-11H2,1-4H3,(H3,27,28,29,30,31,32,35). The van der Waals surface area contributed by atoms with E-state index in [1.807, 2.05) is 19.9 Å². The smallest absolute Gasteiger partial charge is 0.229 e. The molecule has 3 aromatic rings. The summed E-state index contributed by atoms with van der Waals surface area (Å²) in [4.78, 5) is 13.9. The van der Waals surface area contributed by atoms with E-state index in [0.717, 1.165) is 24.2 Å². The number of benzene rings is 2. The number of halogens is 1. The first kappa shape index (κ1) is 24.7. The molecule has 0 saturated heterocycles. The predicted octanol–water partition coefficient (Wildman–Crippen LogP) is 4.69. The molecule has 0 spiro atoms. The van der Waals surface area contributed by atoms with E-state index in [9.17, 15) is 0 Å².